The van der Waals surface area contributed by atoms with Gasteiger partial charge in [-0.05, 0) is 18.6 Å². The summed E-state index contributed by atoms with van der Waals surface area (Å²) in [4.78, 5) is 15.4. The maximum absolute atomic E-state index is 11.5. The second-order valence-electron chi connectivity index (χ2n) is 4.18. The molecule has 0 aliphatic carbocycles. The molecule has 0 aliphatic heterocycles. The van der Waals surface area contributed by atoms with Crippen LogP contribution in [-0.2, 0) is 4.79 Å². The van der Waals surface area contributed by atoms with Crippen LogP contribution in [0.4, 0.5) is 0 Å². The molecule has 92 valence electrons. The summed E-state index contributed by atoms with van der Waals surface area (Å²) in [5, 5.41) is 4.19. The van der Waals surface area contributed by atoms with Gasteiger partial charge in [0.1, 0.15) is 0 Å². The highest BCUT2D eigenvalue weighted by atomic mass is 16.2. The van der Waals surface area contributed by atoms with Gasteiger partial charge in [-0.1, -0.05) is 27.2 Å². The van der Waals surface area contributed by atoms with Crippen molar-refractivity contribution in [3.8, 4) is 0 Å². The fourth-order valence-corrected chi connectivity index (χ4v) is 1.30. The normalized spacial score (nSPS) is 11.6. The van der Waals surface area contributed by atoms with Gasteiger partial charge >= 0.3 is 0 Å². The molecule has 1 N–H and O–H groups in total. The van der Waals surface area contributed by atoms with E-state index in [0.717, 1.165) is 24.1 Å². The summed E-state index contributed by atoms with van der Waals surface area (Å²) < 4.78 is 0. The van der Waals surface area contributed by atoms with Gasteiger partial charge in [0.05, 0.1) is 5.71 Å². The molecule has 0 aromatic carbocycles. The Morgan fingerprint density at radius 1 is 1.41 bits per heavy atom. The zero-order valence-electron chi connectivity index (χ0n) is 10.6. The second-order valence-corrected chi connectivity index (χ2v) is 4.18. The van der Waals surface area contributed by atoms with Gasteiger partial charge in [0, 0.05) is 23.9 Å². The molecular formula is C13H19N3O. The number of amides is 1. The lowest BCUT2D eigenvalue weighted by Gasteiger charge is -2.07. The molecule has 17 heavy (non-hydrogen) atoms. The maximum Gasteiger partial charge on any atom is 0.242 e. The van der Waals surface area contributed by atoms with Crippen molar-refractivity contribution in [2.24, 2.45) is 11.0 Å². The Morgan fingerprint density at radius 3 is 2.59 bits per heavy atom. The van der Waals surface area contributed by atoms with Crippen LogP contribution >= 0.6 is 0 Å². The zero-order chi connectivity index (χ0) is 12.7. The third-order valence-electron chi connectivity index (χ3n) is 2.33. The topological polar surface area (TPSA) is 54.4 Å². The van der Waals surface area contributed by atoms with Gasteiger partial charge in [0.25, 0.3) is 0 Å². The SMILES string of the molecule is CCCC(=NNC(=O)C(C)C)c1ccncc1. The zero-order valence-corrected chi connectivity index (χ0v) is 10.6. The first kappa shape index (κ1) is 13.4. The lowest BCUT2D eigenvalue weighted by atomic mass is 10.1. The molecule has 1 rings (SSSR count). The van der Waals surface area contributed by atoms with E-state index < -0.39 is 0 Å². The first-order valence-electron chi connectivity index (χ1n) is 5.92. The lowest BCUT2D eigenvalue weighted by Crippen LogP contribution is -2.24. The lowest BCUT2D eigenvalue weighted by molar-refractivity contribution is -0.123. The number of pyridine rings is 1. The van der Waals surface area contributed by atoms with Gasteiger partial charge in [0.2, 0.25) is 5.91 Å². The third-order valence-corrected chi connectivity index (χ3v) is 2.33. The van der Waals surface area contributed by atoms with Crippen molar-refractivity contribution in [2.75, 3.05) is 0 Å². The molecule has 0 saturated carbocycles. The van der Waals surface area contributed by atoms with Gasteiger partial charge in [-0.15, -0.1) is 0 Å². The fourth-order valence-electron chi connectivity index (χ4n) is 1.30. The van der Waals surface area contributed by atoms with Crippen molar-refractivity contribution in [3.63, 3.8) is 0 Å². The van der Waals surface area contributed by atoms with E-state index >= 15 is 0 Å². The Morgan fingerprint density at radius 2 is 2.06 bits per heavy atom. The average molecular weight is 233 g/mol. The number of aromatic nitrogens is 1. The van der Waals surface area contributed by atoms with Crippen LogP contribution < -0.4 is 5.43 Å². The maximum atomic E-state index is 11.5. The van der Waals surface area contributed by atoms with Crippen molar-refractivity contribution < 1.29 is 4.79 Å². The minimum atomic E-state index is -0.0624. The Kier molecular flexibility index (Phi) is 5.33. The van der Waals surface area contributed by atoms with E-state index in [9.17, 15) is 4.79 Å². The van der Waals surface area contributed by atoms with Crippen molar-refractivity contribution in [2.45, 2.75) is 33.6 Å². The number of hydrogen-bond acceptors (Lipinski definition) is 3. The number of hydrogen-bond donors (Lipinski definition) is 1. The van der Waals surface area contributed by atoms with Gasteiger partial charge in [-0.3, -0.25) is 9.78 Å². The molecule has 0 saturated heterocycles. The van der Waals surface area contributed by atoms with Crippen LogP contribution in [0.15, 0.2) is 29.6 Å². The van der Waals surface area contributed by atoms with Gasteiger partial charge < -0.3 is 0 Å². The van der Waals surface area contributed by atoms with Gasteiger partial charge in [0.15, 0.2) is 0 Å². The molecular weight excluding hydrogens is 214 g/mol. The molecule has 1 aromatic heterocycles. The summed E-state index contributed by atoms with van der Waals surface area (Å²) in [6, 6.07) is 3.80. The number of carbonyl (C=O) groups excluding carboxylic acids is 1. The molecule has 0 spiro atoms. The smallest absolute Gasteiger partial charge is 0.242 e. The summed E-state index contributed by atoms with van der Waals surface area (Å²) in [6.45, 7) is 5.77. The Bertz CT molecular complexity index is 385. The number of hydrazone groups is 1. The van der Waals surface area contributed by atoms with E-state index in [1.807, 2.05) is 26.0 Å². The Hall–Kier alpha value is -1.71. The van der Waals surface area contributed by atoms with Crippen molar-refractivity contribution >= 4 is 11.6 Å². The highest BCUT2D eigenvalue weighted by Gasteiger charge is 2.07. The molecule has 1 heterocycles. The van der Waals surface area contributed by atoms with Crippen LogP contribution in [0.2, 0.25) is 0 Å². The number of carbonyl (C=O) groups is 1. The first-order chi connectivity index (χ1) is 8.15. The van der Waals surface area contributed by atoms with Crippen molar-refractivity contribution in [1.29, 1.82) is 0 Å². The summed E-state index contributed by atoms with van der Waals surface area (Å²) in [5.41, 5.74) is 4.49. The molecule has 0 fully saturated rings. The minimum Gasteiger partial charge on any atom is -0.273 e. The van der Waals surface area contributed by atoms with Crippen molar-refractivity contribution in [1.82, 2.24) is 10.4 Å². The molecule has 0 aliphatic rings. The first-order valence-corrected chi connectivity index (χ1v) is 5.92. The fraction of sp³-hybridized carbons (Fsp3) is 0.462. The minimum absolute atomic E-state index is 0.0564. The van der Waals surface area contributed by atoms with E-state index in [0.29, 0.717) is 0 Å². The predicted octanol–water partition coefficient (Wildman–Crippen LogP) is 2.36. The van der Waals surface area contributed by atoms with Crippen LogP contribution in [0, 0.1) is 5.92 Å². The molecule has 4 nitrogen and oxygen atoms in total. The summed E-state index contributed by atoms with van der Waals surface area (Å²) in [6.07, 6.45) is 5.27. The highest BCUT2D eigenvalue weighted by molar-refractivity contribution is 6.00. The van der Waals surface area contributed by atoms with Crippen molar-refractivity contribution in [3.05, 3.63) is 30.1 Å². The highest BCUT2D eigenvalue weighted by Crippen LogP contribution is 2.05. The average Bonchev–Trinajstić information content (AvgIpc) is 2.35. The van der Waals surface area contributed by atoms with Crippen LogP contribution in [0.3, 0.4) is 0 Å². The van der Waals surface area contributed by atoms with Gasteiger partial charge in [-0.2, -0.15) is 5.10 Å². The second kappa shape index (κ2) is 6.78. The standard InChI is InChI=1S/C13H19N3O/c1-4-5-12(11-6-8-14-9-7-11)15-16-13(17)10(2)3/h6-10H,4-5H2,1-3H3,(H,16,17). The molecule has 4 heteroatoms. The largest absolute Gasteiger partial charge is 0.273 e. The summed E-state index contributed by atoms with van der Waals surface area (Å²) in [5.74, 6) is -0.119. The number of nitrogens with zero attached hydrogens (tertiary/aromatic N) is 2. The molecule has 0 radical (unpaired) electrons. The van der Waals surface area contributed by atoms with Crippen LogP contribution in [0.25, 0.3) is 0 Å². The third kappa shape index (κ3) is 4.34. The van der Waals surface area contributed by atoms with E-state index in [4.69, 9.17) is 0 Å². The Balaban J connectivity index is 2.79. The van der Waals surface area contributed by atoms with E-state index in [1.165, 1.54) is 0 Å². The molecule has 1 aromatic rings. The summed E-state index contributed by atoms with van der Waals surface area (Å²) >= 11 is 0. The van der Waals surface area contributed by atoms with E-state index in [-0.39, 0.29) is 11.8 Å². The summed E-state index contributed by atoms with van der Waals surface area (Å²) in [7, 11) is 0. The number of rotatable bonds is 5. The Labute approximate surface area is 102 Å². The monoisotopic (exact) mass is 233 g/mol. The van der Waals surface area contributed by atoms with Gasteiger partial charge in [-0.25, -0.2) is 5.43 Å². The van der Waals surface area contributed by atoms with Crippen LogP contribution in [0.5, 0.6) is 0 Å². The quantitative estimate of drug-likeness (QED) is 0.627. The molecule has 1 amide bonds. The molecule has 0 atom stereocenters. The van der Waals surface area contributed by atoms with E-state index in [1.54, 1.807) is 12.4 Å². The van der Waals surface area contributed by atoms with Crippen LogP contribution in [-0.4, -0.2) is 16.6 Å². The molecule has 0 bridgehead atoms. The van der Waals surface area contributed by atoms with Crippen LogP contribution in [0.1, 0.15) is 39.2 Å². The predicted molar refractivity (Wildman–Crippen MR) is 68.7 cm³/mol. The molecule has 0 unspecified atom stereocenters. The number of nitrogens with one attached hydrogen (secondary N) is 1. The van der Waals surface area contributed by atoms with E-state index in [2.05, 4.69) is 22.4 Å².